The average Bonchev–Trinajstić information content (AvgIpc) is 2.91. The van der Waals surface area contributed by atoms with Gasteiger partial charge in [0, 0.05) is 34.7 Å². The van der Waals surface area contributed by atoms with Gasteiger partial charge in [0.15, 0.2) is 0 Å². The second-order valence-electron chi connectivity index (χ2n) is 5.83. The van der Waals surface area contributed by atoms with Crippen LogP contribution in [0.1, 0.15) is 23.7 Å². The van der Waals surface area contributed by atoms with Crippen LogP contribution >= 0.6 is 15.9 Å². The summed E-state index contributed by atoms with van der Waals surface area (Å²) in [5.41, 5.74) is 1.54. The summed E-state index contributed by atoms with van der Waals surface area (Å²) < 4.78 is 0.878. The number of piperidine rings is 1. The zero-order valence-electron chi connectivity index (χ0n) is 12.2. The van der Waals surface area contributed by atoms with E-state index in [2.05, 4.69) is 20.9 Å². The number of rotatable bonds is 2. The fourth-order valence-corrected chi connectivity index (χ4v) is 3.76. The zero-order valence-corrected chi connectivity index (χ0v) is 13.8. The van der Waals surface area contributed by atoms with Crippen LogP contribution in [-0.4, -0.2) is 40.0 Å². The molecule has 1 amide bonds. The molecule has 116 valence electrons. The molecule has 0 bridgehead atoms. The molecule has 1 aromatic carbocycles. The number of aromatic amines is 1. The Hall–Kier alpha value is -1.82. The van der Waals surface area contributed by atoms with Gasteiger partial charge in [0.25, 0.3) is 5.91 Å². The third-order valence-electron chi connectivity index (χ3n) is 4.40. The van der Waals surface area contributed by atoms with Gasteiger partial charge in [0.1, 0.15) is 0 Å². The zero-order chi connectivity index (χ0) is 15.9. The predicted octanol–water partition coefficient (Wildman–Crippen LogP) is 3.11. The van der Waals surface area contributed by atoms with Crippen molar-refractivity contribution in [2.24, 2.45) is 11.8 Å². The van der Waals surface area contributed by atoms with Crippen molar-refractivity contribution >= 4 is 38.7 Å². The number of nitrogens with one attached hydrogen (secondary N) is 1. The van der Waals surface area contributed by atoms with Crippen LogP contribution in [0.25, 0.3) is 10.9 Å². The van der Waals surface area contributed by atoms with E-state index in [-0.39, 0.29) is 17.7 Å². The molecule has 1 saturated heterocycles. The monoisotopic (exact) mass is 364 g/mol. The van der Waals surface area contributed by atoms with E-state index in [4.69, 9.17) is 0 Å². The van der Waals surface area contributed by atoms with Crippen molar-refractivity contribution in [1.82, 2.24) is 9.88 Å². The number of carbonyl (C=O) groups excluding carboxylic acids is 1. The van der Waals surface area contributed by atoms with E-state index in [0.717, 1.165) is 15.4 Å². The maximum absolute atomic E-state index is 12.8. The molecule has 0 aliphatic carbocycles. The van der Waals surface area contributed by atoms with E-state index in [1.165, 1.54) is 0 Å². The average molecular weight is 365 g/mol. The highest BCUT2D eigenvalue weighted by Crippen LogP contribution is 2.30. The molecule has 0 radical (unpaired) electrons. The molecule has 2 heterocycles. The number of carboxylic acids is 1. The summed E-state index contributed by atoms with van der Waals surface area (Å²) >= 11 is 3.49. The largest absolute Gasteiger partial charge is 0.481 e. The highest BCUT2D eigenvalue weighted by Gasteiger charge is 2.33. The maximum atomic E-state index is 12.8. The molecule has 22 heavy (non-hydrogen) atoms. The van der Waals surface area contributed by atoms with Crippen molar-refractivity contribution in [3.8, 4) is 0 Å². The van der Waals surface area contributed by atoms with Gasteiger partial charge in [-0.15, -0.1) is 0 Å². The number of aliphatic carboxylic acids is 1. The minimum absolute atomic E-state index is 0.0381. The van der Waals surface area contributed by atoms with Gasteiger partial charge in [-0.2, -0.15) is 0 Å². The quantitative estimate of drug-likeness (QED) is 0.859. The SMILES string of the molecule is CC1CN(C(=O)c2c[nH]c3cccc(Br)c23)CCC1C(=O)O. The summed E-state index contributed by atoms with van der Waals surface area (Å²) in [6.45, 7) is 2.85. The van der Waals surface area contributed by atoms with Crippen molar-refractivity contribution in [2.45, 2.75) is 13.3 Å². The molecule has 1 aliphatic rings. The number of hydrogen-bond acceptors (Lipinski definition) is 2. The standard InChI is InChI=1S/C16H17BrN2O3/c1-9-8-19(6-5-10(9)16(21)22)15(20)11-7-18-13-4-2-3-12(17)14(11)13/h2-4,7,9-10,18H,5-6,8H2,1H3,(H,21,22). The molecular formula is C16H17BrN2O3. The van der Waals surface area contributed by atoms with Gasteiger partial charge >= 0.3 is 5.97 Å². The molecule has 2 atom stereocenters. The smallest absolute Gasteiger partial charge is 0.306 e. The first-order valence-electron chi connectivity index (χ1n) is 7.26. The third kappa shape index (κ3) is 2.52. The van der Waals surface area contributed by atoms with Crippen molar-refractivity contribution in [2.75, 3.05) is 13.1 Å². The molecule has 5 nitrogen and oxygen atoms in total. The summed E-state index contributed by atoms with van der Waals surface area (Å²) in [5, 5.41) is 10.1. The molecule has 6 heteroatoms. The molecule has 2 unspecified atom stereocenters. The number of halogens is 1. The van der Waals surface area contributed by atoms with Crippen molar-refractivity contribution in [1.29, 1.82) is 0 Å². The summed E-state index contributed by atoms with van der Waals surface area (Å²) in [6.07, 6.45) is 2.23. The van der Waals surface area contributed by atoms with Crippen LogP contribution in [0.2, 0.25) is 0 Å². The minimum atomic E-state index is -0.769. The Morgan fingerprint density at radius 1 is 1.41 bits per heavy atom. The Kier molecular flexibility index (Phi) is 3.95. The van der Waals surface area contributed by atoms with E-state index in [0.29, 0.717) is 25.1 Å². The molecule has 1 fully saturated rings. The summed E-state index contributed by atoms with van der Waals surface area (Å²) in [5.74, 6) is -1.22. The molecule has 0 spiro atoms. The minimum Gasteiger partial charge on any atom is -0.481 e. The number of fused-ring (bicyclic) bond motifs is 1. The van der Waals surface area contributed by atoms with E-state index in [1.54, 1.807) is 11.1 Å². The number of nitrogens with zero attached hydrogens (tertiary/aromatic N) is 1. The van der Waals surface area contributed by atoms with Crippen LogP contribution in [0.5, 0.6) is 0 Å². The molecule has 1 aromatic heterocycles. The first-order chi connectivity index (χ1) is 10.5. The van der Waals surface area contributed by atoms with Gasteiger partial charge in [-0.25, -0.2) is 0 Å². The van der Waals surface area contributed by atoms with Crippen molar-refractivity contribution in [3.63, 3.8) is 0 Å². The third-order valence-corrected chi connectivity index (χ3v) is 5.06. The number of carboxylic acid groups (broad SMARTS) is 1. The Morgan fingerprint density at radius 2 is 2.18 bits per heavy atom. The lowest BCUT2D eigenvalue weighted by Gasteiger charge is -2.34. The Balaban J connectivity index is 1.87. The summed E-state index contributed by atoms with van der Waals surface area (Å²) in [7, 11) is 0. The number of H-pyrrole nitrogens is 1. The lowest BCUT2D eigenvalue weighted by molar-refractivity contribution is -0.145. The highest BCUT2D eigenvalue weighted by atomic mass is 79.9. The molecule has 2 N–H and O–H groups in total. The van der Waals surface area contributed by atoms with E-state index in [1.807, 2.05) is 25.1 Å². The fourth-order valence-electron chi connectivity index (χ4n) is 3.18. The van der Waals surface area contributed by atoms with Crippen LogP contribution in [-0.2, 0) is 4.79 Å². The number of hydrogen-bond donors (Lipinski definition) is 2. The molecule has 1 aliphatic heterocycles. The molecule has 3 rings (SSSR count). The topological polar surface area (TPSA) is 73.4 Å². The lowest BCUT2D eigenvalue weighted by atomic mass is 9.87. The van der Waals surface area contributed by atoms with Crippen LogP contribution in [0, 0.1) is 11.8 Å². The van der Waals surface area contributed by atoms with Crippen molar-refractivity contribution in [3.05, 3.63) is 34.4 Å². The van der Waals surface area contributed by atoms with Crippen LogP contribution in [0.4, 0.5) is 0 Å². The predicted molar refractivity (Wildman–Crippen MR) is 86.8 cm³/mol. The maximum Gasteiger partial charge on any atom is 0.306 e. The second kappa shape index (κ2) is 5.76. The van der Waals surface area contributed by atoms with Gasteiger partial charge in [0.2, 0.25) is 0 Å². The molecular weight excluding hydrogens is 348 g/mol. The van der Waals surface area contributed by atoms with Crippen LogP contribution in [0.3, 0.4) is 0 Å². The lowest BCUT2D eigenvalue weighted by Crippen LogP contribution is -2.44. The number of amides is 1. The highest BCUT2D eigenvalue weighted by molar-refractivity contribution is 9.10. The van der Waals surface area contributed by atoms with Crippen molar-refractivity contribution < 1.29 is 14.7 Å². The van der Waals surface area contributed by atoms with Gasteiger partial charge in [-0.05, 0) is 24.5 Å². The van der Waals surface area contributed by atoms with Gasteiger partial charge < -0.3 is 15.0 Å². The Morgan fingerprint density at radius 3 is 2.86 bits per heavy atom. The van der Waals surface area contributed by atoms with Gasteiger partial charge in [-0.1, -0.05) is 28.9 Å². The Labute approximate surface area is 136 Å². The normalized spacial score (nSPS) is 22.0. The number of carbonyl (C=O) groups is 2. The van der Waals surface area contributed by atoms with Gasteiger partial charge in [0.05, 0.1) is 11.5 Å². The van der Waals surface area contributed by atoms with E-state index < -0.39 is 5.97 Å². The molecule has 2 aromatic rings. The molecule has 0 saturated carbocycles. The Bertz CT molecular complexity index is 740. The number of aromatic nitrogens is 1. The first kappa shape index (κ1) is 15.1. The van der Waals surface area contributed by atoms with Gasteiger partial charge in [-0.3, -0.25) is 9.59 Å². The van der Waals surface area contributed by atoms with Crippen LogP contribution in [0.15, 0.2) is 28.9 Å². The summed E-state index contributed by atoms with van der Waals surface area (Å²) in [4.78, 5) is 28.8. The van der Waals surface area contributed by atoms with E-state index >= 15 is 0 Å². The second-order valence-corrected chi connectivity index (χ2v) is 6.68. The first-order valence-corrected chi connectivity index (χ1v) is 8.06. The van der Waals surface area contributed by atoms with Crippen LogP contribution < -0.4 is 0 Å². The van der Waals surface area contributed by atoms with E-state index in [9.17, 15) is 14.7 Å². The fraction of sp³-hybridized carbons (Fsp3) is 0.375. The number of likely N-dealkylation sites (tertiary alicyclic amines) is 1. The number of benzene rings is 1. The summed E-state index contributed by atoms with van der Waals surface area (Å²) in [6, 6.07) is 5.75.